The summed E-state index contributed by atoms with van der Waals surface area (Å²) in [6.45, 7) is 5.60. The van der Waals surface area contributed by atoms with Crippen molar-refractivity contribution in [2.45, 2.75) is 12.8 Å². The summed E-state index contributed by atoms with van der Waals surface area (Å²) in [5, 5.41) is 0. The van der Waals surface area contributed by atoms with E-state index in [-0.39, 0.29) is 0 Å². The van der Waals surface area contributed by atoms with Gasteiger partial charge in [-0.2, -0.15) is 0 Å². The topological polar surface area (TPSA) is 32.8 Å². The average molecular weight is 199 g/mol. The Bertz CT molecular complexity index is 156. The first-order valence-corrected chi connectivity index (χ1v) is 5.21. The average Bonchev–Trinajstić information content (AvgIpc) is 2.25. The monoisotopic (exact) mass is 199 g/mol. The number of hydrogen-bond acceptors (Lipinski definition) is 3. The summed E-state index contributed by atoms with van der Waals surface area (Å²) in [6, 6.07) is 0. The van der Waals surface area contributed by atoms with E-state index in [1.54, 1.807) is 12.0 Å². The van der Waals surface area contributed by atoms with Crippen LogP contribution in [-0.2, 0) is 9.53 Å². The second-order valence-electron chi connectivity index (χ2n) is 3.62. The van der Waals surface area contributed by atoms with E-state index in [4.69, 9.17) is 4.74 Å². The Labute approximate surface area is 85.8 Å². The van der Waals surface area contributed by atoms with E-state index in [0.29, 0.717) is 0 Å². The third-order valence-corrected chi connectivity index (χ3v) is 2.57. The molecule has 0 aliphatic carbocycles. The minimum absolute atomic E-state index is 0.827. The van der Waals surface area contributed by atoms with Crippen molar-refractivity contribution >= 4 is 6.41 Å². The van der Waals surface area contributed by atoms with E-state index in [9.17, 15) is 4.79 Å². The van der Waals surface area contributed by atoms with E-state index >= 15 is 0 Å². The third kappa shape index (κ3) is 4.07. The Balaban J connectivity index is 2.01. The number of amides is 1. The Morgan fingerprint density at radius 3 is 2.50 bits per heavy atom. The number of nitrogens with zero attached hydrogens (tertiary/aromatic N) is 2. The summed E-state index contributed by atoms with van der Waals surface area (Å²) in [6.07, 6.45) is 4.24. The lowest BCUT2D eigenvalue weighted by molar-refractivity contribution is 0.160. The van der Waals surface area contributed by atoms with Crippen molar-refractivity contribution in [1.82, 2.24) is 9.80 Å². The van der Waals surface area contributed by atoms with Gasteiger partial charge < -0.3 is 9.64 Å². The van der Waals surface area contributed by atoms with Crippen LogP contribution in [0.25, 0.3) is 0 Å². The molecule has 1 amide bonds. The van der Waals surface area contributed by atoms with E-state index in [1.807, 2.05) is 6.41 Å². The van der Waals surface area contributed by atoms with Crippen molar-refractivity contribution in [1.29, 1.82) is 0 Å². The summed E-state index contributed by atoms with van der Waals surface area (Å²) >= 11 is 0. The standard InChI is InChI=1S/C10H19N2O2/c1-14-9-3-2-4-11-5-7-12(10-13)8-6-11/h2-9H2,1H3. The van der Waals surface area contributed by atoms with Gasteiger partial charge in [0.1, 0.15) is 0 Å². The van der Waals surface area contributed by atoms with Crippen LogP contribution in [-0.4, -0.2) is 62.7 Å². The molecule has 0 unspecified atom stereocenters. The molecule has 4 heteroatoms. The molecule has 14 heavy (non-hydrogen) atoms. The van der Waals surface area contributed by atoms with Gasteiger partial charge in [0.2, 0.25) is 0 Å². The quantitative estimate of drug-likeness (QED) is 0.569. The minimum atomic E-state index is 0.827. The largest absolute Gasteiger partial charge is 0.385 e. The van der Waals surface area contributed by atoms with Crippen LogP contribution in [0.3, 0.4) is 0 Å². The maximum Gasteiger partial charge on any atom is 0.312 e. The number of rotatable bonds is 6. The Morgan fingerprint density at radius 2 is 1.93 bits per heavy atom. The highest BCUT2D eigenvalue weighted by atomic mass is 16.5. The fourth-order valence-electron chi connectivity index (χ4n) is 1.64. The number of hydrogen-bond donors (Lipinski definition) is 0. The fourth-order valence-corrected chi connectivity index (χ4v) is 1.64. The van der Waals surface area contributed by atoms with Gasteiger partial charge in [0.05, 0.1) is 0 Å². The Hall–Kier alpha value is -0.610. The predicted octanol–water partition coefficient (Wildman–Crippen LogP) is 0.0978. The van der Waals surface area contributed by atoms with Crippen molar-refractivity contribution in [2.24, 2.45) is 0 Å². The molecule has 1 fully saturated rings. The molecule has 81 valence electrons. The number of unbranched alkanes of at least 4 members (excludes halogenated alkanes) is 1. The summed E-state index contributed by atoms with van der Waals surface area (Å²) in [7, 11) is 1.73. The SMILES string of the molecule is COCCCCN1CCN([C]=O)CC1. The molecule has 0 bridgehead atoms. The van der Waals surface area contributed by atoms with Crippen LogP contribution in [0.4, 0.5) is 0 Å². The molecular weight excluding hydrogens is 180 g/mol. The van der Waals surface area contributed by atoms with Crippen LogP contribution in [0.1, 0.15) is 12.8 Å². The first kappa shape index (κ1) is 11.5. The maximum atomic E-state index is 10.3. The zero-order valence-corrected chi connectivity index (χ0v) is 8.87. The van der Waals surface area contributed by atoms with Crippen LogP contribution in [0.5, 0.6) is 0 Å². The van der Waals surface area contributed by atoms with Crippen LogP contribution in [0.2, 0.25) is 0 Å². The van der Waals surface area contributed by atoms with Crippen LogP contribution >= 0.6 is 0 Å². The maximum absolute atomic E-state index is 10.3. The van der Waals surface area contributed by atoms with Gasteiger partial charge in [-0.1, -0.05) is 0 Å². The molecule has 0 aromatic rings. The van der Waals surface area contributed by atoms with Gasteiger partial charge in [0.25, 0.3) is 0 Å². The molecule has 1 aliphatic rings. The van der Waals surface area contributed by atoms with Crippen molar-refractivity contribution in [2.75, 3.05) is 46.4 Å². The predicted molar refractivity (Wildman–Crippen MR) is 54.8 cm³/mol. The van der Waals surface area contributed by atoms with E-state index in [1.165, 1.54) is 6.42 Å². The lowest BCUT2D eigenvalue weighted by Crippen LogP contribution is -2.45. The van der Waals surface area contributed by atoms with Gasteiger partial charge in [-0.25, -0.2) is 0 Å². The molecule has 0 saturated carbocycles. The van der Waals surface area contributed by atoms with Crippen molar-refractivity contribution in [3.63, 3.8) is 0 Å². The molecule has 1 heterocycles. The molecule has 1 rings (SSSR count). The zero-order valence-electron chi connectivity index (χ0n) is 8.87. The molecule has 1 saturated heterocycles. The highest BCUT2D eigenvalue weighted by Gasteiger charge is 2.14. The molecule has 1 radical (unpaired) electrons. The minimum Gasteiger partial charge on any atom is -0.385 e. The lowest BCUT2D eigenvalue weighted by atomic mass is 10.2. The third-order valence-electron chi connectivity index (χ3n) is 2.57. The molecule has 0 spiro atoms. The highest BCUT2D eigenvalue weighted by molar-refractivity contribution is 5.48. The lowest BCUT2D eigenvalue weighted by Gasteiger charge is -2.31. The first-order valence-electron chi connectivity index (χ1n) is 5.21. The highest BCUT2D eigenvalue weighted by Crippen LogP contribution is 2.01. The summed E-state index contributed by atoms with van der Waals surface area (Å²) in [5.41, 5.74) is 0. The molecule has 0 aromatic heterocycles. The molecule has 0 N–H and O–H groups in total. The van der Waals surface area contributed by atoms with Crippen molar-refractivity contribution < 1.29 is 9.53 Å². The van der Waals surface area contributed by atoms with Gasteiger partial charge in [0, 0.05) is 39.9 Å². The van der Waals surface area contributed by atoms with Crippen molar-refractivity contribution in [3.8, 4) is 0 Å². The van der Waals surface area contributed by atoms with Crippen LogP contribution in [0, 0.1) is 0 Å². The normalized spacial score (nSPS) is 18.5. The van der Waals surface area contributed by atoms with Gasteiger partial charge in [-0.05, 0) is 19.4 Å². The molecule has 0 atom stereocenters. The smallest absolute Gasteiger partial charge is 0.312 e. The summed E-state index contributed by atoms with van der Waals surface area (Å²) in [5.74, 6) is 0. The molecule has 4 nitrogen and oxygen atoms in total. The zero-order chi connectivity index (χ0) is 10.2. The number of ether oxygens (including phenoxy) is 1. The van der Waals surface area contributed by atoms with Crippen molar-refractivity contribution in [3.05, 3.63) is 0 Å². The van der Waals surface area contributed by atoms with Crippen LogP contribution < -0.4 is 0 Å². The van der Waals surface area contributed by atoms with Crippen LogP contribution in [0.15, 0.2) is 0 Å². The number of methoxy groups -OCH3 is 1. The fraction of sp³-hybridized carbons (Fsp3) is 0.900. The van der Waals surface area contributed by atoms with E-state index in [2.05, 4.69) is 4.90 Å². The second kappa shape index (κ2) is 6.79. The van der Waals surface area contributed by atoms with Gasteiger partial charge in [-0.3, -0.25) is 9.69 Å². The van der Waals surface area contributed by atoms with E-state index < -0.39 is 0 Å². The van der Waals surface area contributed by atoms with E-state index in [0.717, 1.165) is 45.8 Å². The Kier molecular flexibility index (Phi) is 5.56. The summed E-state index contributed by atoms with van der Waals surface area (Å²) < 4.78 is 4.99. The van der Waals surface area contributed by atoms with Gasteiger partial charge >= 0.3 is 6.41 Å². The van der Waals surface area contributed by atoms with Gasteiger partial charge in [0.15, 0.2) is 0 Å². The summed E-state index contributed by atoms with van der Waals surface area (Å²) in [4.78, 5) is 14.4. The first-order chi connectivity index (χ1) is 6.86. The Morgan fingerprint density at radius 1 is 1.21 bits per heavy atom. The molecule has 1 aliphatic heterocycles. The van der Waals surface area contributed by atoms with Gasteiger partial charge in [-0.15, -0.1) is 0 Å². The molecular formula is C10H19N2O2. The number of piperazine rings is 1. The second-order valence-corrected chi connectivity index (χ2v) is 3.62. The molecule has 0 aromatic carbocycles. The number of carbonyl (C=O) groups excluding carboxylic acids is 1.